The summed E-state index contributed by atoms with van der Waals surface area (Å²) < 4.78 is 13.2. The first-order valence-electron chi connectivity index (χ1n) is 9.74. The molecule has 0 unspecified atom stereocenters. The second-order valence-electron chi connectivity index (χ2n) is 7.48. The first-order valence-corrected chi connectivity index (χ1v) is 10.6. The predicted octanol–water partition coefficient (Wildman–Crippen LogP) is 3.72. The minimum atomic E-state index is -0.179. The molecule has 2 aromatic heterocycles. The molecule has 7 heteroatoms. The Labute approximate surface area is 178 Å². The van der Waals surface area contributed by atoms with Crippen LogP contribution in [0.1, 0.15) is 25.0 Å². The van der Waals surface area contributed by atoms with Crippen LogP contribution in [0.3, 0.4) is 0 Å². The van der Waals surface area contributed by atoms with Gasteiger partial charge in [0.1, 0.15) is 0 Å². The van der Waals surface area contributed by atoms with Crippen molar-refractivity contribution in [1.29, 1.82) is 0 Å². The largest absolute Gasteiger partial charge is 0.493 e. The molecule has 0 saturated carbocycles. The number of hydrogen-bond acceptors (Lipinski definition) is 6. The topological polar surface area (TPSA) is 65.7 Å². The smallest absolute Gasteiger partial charge is 0.291 e. The van der Waals surface area contributed by atoms with Gasteiger partial charge in [0.25, 0.3) is 5.56 Å². The lowest BCUT2D eigenvalue weighted by Gasteiger charge is -2.12. The molecule has 154 valence electrons. The quantitative estimate of drug-likeness (QED) is 0.475. The molecule has 0 aliphatic heterocycles. The summed E-state index contributed by atoms with van der Waals surface area (Å²) in [5, 5.41) is 4.43. The van der Waals surface area contributed by atoms with E-state index in [0.29, 0.717) is 39.3 Å². The number of ether oxygens (including phenoxy) is 2. The fourth-order valence-corrected chi connectivity index (χ4v) is 3.98. The molecule has 0 spiro atoms. The van der Waals surface area contributed by atoms with Gasteiger partial charge >= 0.3 is 0 Å². The van der Waals surface area contributed by atoms with E-state index in [-0.39, 0.29) is 5.56 Å². The molecular formula is C23H23N3O3S. The van der Waals surface area contributed by atoms with Crippen LogP contribution in [-0.2, 0) is 0 Å². The van der Waals surface area contributed by atoms with Gasteiger partial charge in [-0.1, -0.05) is 55.5 Å². The Balaban J connectivity index is 1.70. The van der Waals surface area contributed by atoms with Gasteiger partial charge in [0, 0.05) is 5.56 Å². The Bertz CT molecular complexity index is 1310. The molecule has 2 aromatic carbocycles. The number of hydrogen-bond donors (Lipinski definition) is 0. The van der Waals surface area contributed by atoms with Crippen molar-refractivity contribution in [2.75, 3.05) is 13.7 Å². The highest BCUT2D eigenvalue weighted by molar-refractivity contribution is 7.15. The standard InChI is InChI=1S/C23H23N3O3S/c1-14(2)13-29-18-10-9-16(11-19(18)28-4)12-20-22(27)26-23(30-20)24-21(25-26)17-8-6-5-7-15(17)3/h5-12,14H,13H2,1-4H3/b20-12-. The van der Waals surface area contributed by atoms with Crippen molar-refractivity contribution in [1.82, 2.24) is 14.6 Å². The van der Waals surface area contributed by atoms with Gasteiger partial charge in [0.2, 0.25) is 4.96 Å². The molecule has 0 amide bonds. The summed E-state index contributed by atoms with van der Waals surface area (Å²) in [5.41, 5.74) is 2.67. The fraction of sp³-hybridized carbons (Fsp3) is 0.261. The van der Waals surface area contributed by atoms with Gasteiger partial charge in [-0.05, 0) is 42.2 Å². The van der Waals surface area contributed by atoms with Gasteiger partial charge in [-0.2, -0.15) is 9.50 Å². The van der Waals surface area contributed by atoms with Crippen molar-refractivity contribution in [3.8, 4) is 22.9 Å². The van der Waals surface area contributed by atoms with Crippen molar-refractivity contribution < 1.29 is 9.47 Å². The van der Waals surface area contributed by atoms with E-state index in [1.54, 1.807) is 7.11 Å². The van der Waals surface area contributed by atoms with Crippen molar-refractivity contribution in [2.45, 2.75) is 20.8 Å². The average Bonchev–Trinajstić information content (AvgIpc) is 3.26. The summed E-state index contributed by atoms with van der Waals surface area (Å²) in [5.74, 6) is 2.31. The SMILES string of the molecule is COc1cc(/C=c2\sc3nc(-c4ccccc4C)nn3c2=O)ccc1OCC(C)C. The van der Waals surface area contributed by atoms with Gasteiger partial charge in [0.15, 0.2) is 17.3 Å². The summed E-state index contributed by atoms with van der Waals surface area (Å²) in [6.07, 6.45) is 1.82. The molecular weight excluding hydrogens is 398 g/mol. The van der Waals surface area contributed by atoms with E-state index in [2.05, 4.69) is 23.9 Å². The summed E-state index contributed by atoms with van der Waals surface area (Å²) in [6, 6.07) is 13.5. The number of fused-ring (bicyclic) bond motifs is 1. The number of aromatic nitrogens is 3. The molecule has 0 fully saturated rings. The highest BCUT2D eigenvalue weighted by Gasteiger charge is 2.13. The molecule has 4 aromatic rings. The number of aryl methyl sites for hydroxylation is 1. The van der Waals surface area contributed by atoms with Crippen molar-refractivity contribution >= 4 is 22.4 Å². The van der Waals surface area contributed by atoms with Crippen LogP contribution in [0.5, 0.6) is 11.5 Å². The molecule has 6 nitrogen and oxygen atoms in total. The zero-order valence-corrected chi connectivity index (χ0v) is 18.2. The Kier molecular flexibility index (Phi) is 5.55. The highest BCUT2D eigenvalue weighted by Crippen LogP contribution is 2.29. The lowest BCUT2D eigenvalue weighted by molar-refractivity contribution is 0.257. The van der Waals surface area contributed by atoms with Crippen LogP contribution < -0.4 is 19.6 Å². The van der Waals surface area contributed by atoms with E-state index in [9.17, 15) is 4.79 Å². The van der Waals surface area contributed by atoms with E-state index in [1.165, 1.54) is 15.9 Å². The number of nitrogens with zero attached hydrogens (tertiary/aromatic N) is 3. The monoisotopic (exact) mass is 421 g/mol. The second kappa shape index (κ2) is 8.28. The maximum absolute atomic E-state index is 12.8. The van der Waals surface area contributed by atoms with Crippen LogP contribution in [0, 0.1) is 12.8 Å². The summed E-state index contributed by atoms with van der Waals surface area (Å²) in [6.45, 7) is 6.80. The minimum Gasteiger partial charge on any atom is -0.493 e. The molecule has 0 radical (unpaired) electrons. The van der Waals surface area contributed by atoms with Crippen molar-refractivity contribution in [3.63, 3.8) is 0 Å². The van der Waals surface area contributed by atoms with E-state index in [1.807, 2.05) is 55.5 Å². The van der Waals surface area contributed by atoms with Crippen molar-refractivity contribution in [2.24, 2.45) is 5.92 Å². The molecule has 0 bridgehead atoms. The predicted molar refractivity (Wildman–Crippen MR) is 119 cm³/mol. The average molecular weight is 422 g/mol. The third-order valence-electron chi connectivity index (χ3n) is 4.63. The van der Waals surface area contributed by atoms with Gasteiger partial charge < -0.3 is 9.47 Å². The number of rotatable bonds is 6. The molecule has 0 aliphatic rings. The number of thiazole rings is 1. The van der Waals surface area contributed by atoms with Crippen LogP contribution in [0.4, 0.5) is 0 Å². The van der Waals surface area contributed by atoms with Crippen LogP contribution in [-0.4, -0.2) is 28.3 Å². The Hall–Kier alpha value is -3.19. The lowest BCUT2D eigenvalue weighted by Crippen LogP contribution is -2.23. The van der Waals surface area contributed by atoms with E-state index in [4.69, 9.17) is 9.47 Å². The van der Waals surface area contributed by atoms with Crippen molar-refractivity contribution in [3.05, 3.63) is 68.5 Å². The van der Waals surface area contributed by atoms with E-state index >= 15 is 0 Å². The van der Waals surface area contributed by atoms with Gasteiger partial charge in [-0.25, -0.2) is 0 Å². The van der Waals surface area contributed by atoms with Crippen LogP contribution in [0.25, 0.3) is 22.4 Å². The molecule has 4 rings (SSSR count). The first-order chi connectivity index (χ1) is 14.5. The zero-order chi connectivity index (χ0) is 21.3. The highest BCUT2D eigenvalue weighted by atomic mass is 32.1. The third-order valence-corrected chi connectivity index (χ3v) is 5.58. The Morgan fingerprint density at radius 3 is 2.67 bits per heavy atom. The third kappa shape index (κ3) is 3.93. The molecule has 30 heavy (non-hydrogen) atoms. The summed E-state index contributed by atoms with van der Waals surface area (Å²) >= 11 is 1.32. The zero-order valence-electron chi connectivity index (χ0n) is 17.4. The molecule has 0 aliphatic carbocycles. The van der Waals surface area contributed by atoms with Crippen LogP contribution in [0.15, 0.2) is 47.3 Å². The summed E-state index contributed by atoms with van der Waals surface area (Å²) in [4.78, 5) is 18.0. The lowest BCUT2D eigenvalue weighted by atomic mass is 10.1. The first kappa shape index (κ1) is 20.1. The van der Waals surface area contributed by atoms with E-state index in [0.717, 1.165) is 16.7 Å². The Morgan fingerprint density at radius 2 is 1.97 bits per heavy atom. The molecule has 2 heterocycles. The summed E-state index contributed by atoms with van der Waals surface area (Å²) in [7, 11) is 1.61. The minimum absolute atomic E-state index is 0.179. The fourth-order valence-electron chi connectivity index (χ4n) is 3.07. The van der Waals surface area contributed by atoms with Crippen LogP contribution >= 0.6 is 11.3 Å². The van der Waals surface area contributed by atoms with Crippen LogP contribution in [0.2, 0.25) is 0 Å². The molecule has 0 atom stereocenters. The maximum atomic E-state index is 12.8. The number of methoxy groups -OCH3 is 1. The van der Waals surface area contributed by atoms with Gasteiger partial charge in [0.05, 0.1) is 18.2 Å². The van der Waals surface area contributed by atoms with E-state index < -0.39 is 0 Å². The van der Waals surface area contributed by atoms with Gasteiger partial charge in [-0.15, -0.1) is 5.10 Å². The molecule has 0 N–H and O–H groups in total. The Morgan fingerprint density at radius 1 is 1.17 bits per heavy atom. The molecule has 0 saturated heterocycles. The second-order valence-corrected chi connectivity index (χ2v) is 8.48. The van der Waals surface area contributed by atoms with Gasteiger partial charge in [-0.3, -0.25) is 4.79 Å². The normalized spacial score (nSPS) is 12.1. The maximum Gasteiger partial charge on any atom is 0.291 e. The number of benzene rings is 2.